The molecule has 4 rings (SSSR count). The van der Waals surface area contributed by atoms with Crippen LogP contribution in [0.15, 0.2) is 36.7 Å². The molecule has 0 unspecified atom stereocenters. The molecule has 0 aliphatic heterocycles. The quantitative estimate of drug-likeness (QED) is 0.675. The fourth-order valence-corrected chi connectivity index (χ4v) is 4.44. The average Bonchev–Trinajstić information content (AvgIpc) is 3.10. The largest absolute Gasteiger partial charge is 0.496 e. The molecule has 1 saturated carbocycles. The predicted octanol–water partition coefficient (Wildman–Crippen LogP) is 3.74. The number of aliphatic hydroxyl groups is 1. The Bertz CT molecular complexity index is 1070. The van der Waals surface area contributed by atoms with Crippen LogP contribution in [-0.2, 0) is 6.54 Å². The summed E-state index contributed by atoms with van der Waals surface area (Å²) in [6.07, 6.45) is 6.73. The zero-order chi connectivity index (χ0) is 21.3. The summed E-state index contributed by atoms with van der Waals surface area (Å²) in [6.45, 7) is 4.69. The lowest BCUT2D eigenvalue weighted by atomic mass is 9.92. The zero-order valence-electron chi connectivity index (χ0n) is 17.8. The van der Waals surface area contributed by atoms with Crippen LogP contribution in [0.1, 0.15) is 52.7 Å². The Morgan fingerprint density at radius 1 is 1.23 bits per heavy atom. The molecule has 3 aromatic rings. The van der Waals surface area contributed by atoms with E-state index in [0.29, 0.717) is 17.6 Å². The number of benzene rings is 1. The fraction of sp³-hybridized carbons (Fsp3) is 0.417. The maximum absolute atomic E-state index is 13.1. The summed E-state index contributed by atoms with van der Waals surface area (Å²) in [4.78, 5) is 17.6. The molecule has 0 saturated heterocycles. The summed E-state index contributed by atoms with van der Waals surface area (Å²) < 4.78 is 7.45. The maximum atomic E-state index is 13.1. The number of pyridine rings is 1. The van der Waals surface area contributed by atoms with E-state index in [2.05, 4.69) is 20.9 Å². The van der Waals surface area contributed by atoms with Crippen molar-refractivity contribution in [2.75, 3.05) is 7.11 Å². The number of fused-ring (bicyclic) bond motifs is 1. The molecule has 0 radical (unpaired) electrons. The van der Waals surface area contributed by atoms with Crippen molar-refractivity contribution in [3.05, 3.63) is 58.9 Å². The highest BCUT2D eigenvalue weighted by atomic mass is 16.5. The van der Waals surface area contributed by atoms with E-state index in [4.69, 9.17) is 4.74 Å². The van der Waals surface area contributed by atoms with Crippen LogP contribution < -0.4 is 10.1 Å². The molecule has 2 heterocycles. The van der Waals surface area contributed by atoms with E-state index in [1.54, 1.807) is 13.3 Å². The second kappa shape index (κ2) is 8.48. The van der Waals surface area contributed by atoms with Gasteiger partial charge in [0.2, 0.25) is 0 Å². The first-order valence-corrected chi connectivity index (χ1v) is 10.5. The topological polar surface area (TPSA) is 76.4 Å². The lowest BCUT2D eigenvalue weighted by Gasteiger charge is -2.28. The minimum Gasteiger partial charge on any atom is -0.496 e. The number of nitrogens with one attached hydrogen (secondary N) is 1. The summed E-state index contributed by atoms with van der Waals surface area (Å²) in [5.74, 6) is 0.689. The van der Waals surface area contributed by atoms with E-state index < -0.39 is 6.10 Å². The van der Waals surface area contributed by atoms with Crippen LogP contribution in [0.2, 0.25) is 0 Å². The van der Waals surface area contributed by atoms with Gasteiger partial charge in [-0.05, 0) is 55.5 Å². The van der Waals surface area contributed by atoms with Gasteiger partial charge in [0.25, 0.3) is 5.91 Å². The molecule has 0 bridgehead atoms. The van der Waals surface area contributed by atoms with E-state index in [0.717, 1.165) is 53.6 Å². The van der Waals surface area contributed by atoms with Crippen molar-refractivity contribution < 1.29 is 14.6 Å². The van der Waals surface area contributed by atoms with Gasteiger partial charge in [0.1, 0.15) is 11.3 Å². The first kappa shape index (κ1) is 20.4. The Labute approximate surface area is 176 Å². The molecular weight excluding hydrogens is 378 g/mol. The standard InChI is InChI=1S/C24H29N3O3/c1-15-10-11-25-22-18(24(29)26-19-6-4-5-7-20(19)28)14-27(23(15)22)13-17-8-9-21(30-3)16(2)12-17/h8-12,14,19-20,28H,4-7,13H2,1-3H3,(H,26,29)/t19-,20-/m0/s1. The lowest BCUT2D eigenvalue weighted by molar-refractivity contribution is 0.0718. The summed E-state index contributed by atoms with van der Waals surface area (Å²) >= 11 is 0. The van der Waals surface area contributed by atoms with E-state index >= 15 is 0 Å². The number of rotatable bonds is 5. The summed E-state index contributed by atoms with van der Waals surface area (Å²) in [7, 11) is 1.67. The normalized spacial score (nSPS) is 19.1. The molecule has 2 aromatic heterocycles. The van der Waals surface area contributed by atoms with Gasteiger partial charge in [-0.25, -0.2) is 0 Å². The third-order valence-electron chi connectivity index (χ3n) is 6.06. The molecule has 6 nitrogen and oxygen atoms in total. The van der Waals surface area contributed by atoms with Crippen molar-refractivity contribution >= 4 is 16.9 Å². The van der Waals surface area contributed by atoms with Crippen LogP contribution in [0.3, 0.4) is 0 Å². The molecule has 158 valence electrons. The maximum Gasteiger partial charge on any atom is 0.255 e. The number of ether oxygens (including phenoxy) is 1. The molecule has 1 aromatic carbocycles. The number of aromatic nitrogens is 2. The first-order valence-electron chi connectivity index (χ1n) is 10.5. The van der Waals surface area contributed by atoms with Gasteiger partial charge in [-0.2, -0.15) is 0 Å². The molecule has 6 heteroatoms. The van der Waals surface area contributed by atoms with E-state index in [1.807, 2.05) is 38.2 Å². The highest BCUT2D eigenvalue weighted by Gasteiger charge is 2.26. The van der Waals surface area contributed by atoms with Crippen molar-refractivity contribution in [3.63, 3.8) is 0 Å². The summed E-state index contributed by atoms with van der Waals surface area (Å²) in [5, 5.41) is 13.3. The Balaban J connectivity index is 1.67. The second-order valence-corrected chi connectivity index (χ2v) is 8.23. The summed E-state index contributed by atoms with van der Waals surface area (Å²) in [6, 6.07) is 7.89. The van der Waals surface area contributed by atoms with E-state index in [1.165, 1.54) is 0 Å². The van der Waals surface area contributed by atoms with Crippen molar-refractivity contribution in [3.8, 4) is 5.75 Å². The van der Waals surface area contributed by atoms with Crippen LogP contribution in [0.5, 0.6) is 5.75 Å². The molecular formula is C24H29N3O3. The van der Waals surface area contributed by atoms with Crippen LogP contribution in [0.25, 0.3) is 11.0 Å². The Morgan fingerprint density at radius 2 is 2.03 bits per heavy atom. The van der Waals surface area contributed by atoms with Gasteiger partial charge in [0.15, 0.2) is 0 Å². The molecule has 1 aliphatic carbocycles. The first-order chi connectivity index (χ1) is 14.5. The fourth-order valence-electron chi connectivity index (χ4n) is 4.44. The second-order valence-electron chi connectivity index (χ2n) is 8.23. The lowest BCUT2D eigenvalue weighted by Crippen LogP contribution is -2.45. The average molecular weight is 408 g/mol. The minimum absolute atomic E-state index is 0.172. The molecule has 2 atom stereocenters. The Morgan fingerprint density at radius 3 is 2.77 bits per heavy atom. The van der Waals surface area contributed by atoms with E-state index in [-0.39, 0.29) is 11.9 Å². The Hall–Kier alpha value is -2.86. The molecule has 1 fully saturated rings. The van der Waals surface area contributed by atoms with Gasteiger partial charge < -0.3 is 19.7 Å². The van der Waals surface area contributed by atoms with Crippen LogP contribution in [-0.4, -0.2) is 39.8 Å². The van der Waals surface area contributed by atoms with Gasteiger partial charge >= 0.3 is 0 Å². The Kier molecular flexibility index (Phi) is 5.77. The van der Waals surface area contributed by atoms with Gasteiger partial charge in [-0.3, -0.25) is 9.78 Å². The number of carbonyl (C=O) groups is 1. The number of carbonyl (C=O) groups excluding carboxylic acids is 1. The minimum atomic E-state index is -0.479. The number of nitrogens with zero attached hydrogens (tertiary/aromatic N) is 2. The number of hydrogen-bond donors (Lipinski definition) is 2. The highest BCUT2D eigenvalue weighted by molar-refractivity contribution is 6.06. The van der Waals surface area contributed by atoms with Crippen LogP contribution >= 0.6 is 0 Å². The van der Waals surface area contributed by atoms with Gasteiger partial charge in [0, 0.05) is 18.9 Å². The van der Waals surface area contributed by atoms with Crippen molar-refractivity contribution in [2.24, 2.45) is 0 Å². The molecule has 1 amide bonds. The molecule has 1 aliphatic rings. The van der Waals surface area contributed by atoms with Crippen LogP contribution in [0, 0.1) is 13.8 Å². The third kappa shape index (κ3) is 3.92. The zero-order valence-corrected chi connectivity index (χ0v) is 17.8. The smallest absolute Gasteiger partial charge is 0.255 e. The van der Waals surface area contributed by atoms with E-state index in [9.17, 15) is 9.90 Å². The highest BCUT2D eigenvalue weighted by Crippen LogP contribution is 2.26. The number of aryl methyl sites for hydroxylation is 2. The molecule has 0 spiro atoms. The van der Waals surface area contributed by atoms with Crippen molar-refractivity contribution in [1.29, 1.82) is 0 Å². The molecule has 2 N–H and O–H groups in total. The third-order valence-corrected chi connectivity index (χ3v) is 6.06. The van der Waals surface area contributed by atoms with Crippen molar-refractivity contribution in [1.82, 2.24) is 14.9 Å². The number of hydrogen-bond acceptors (Lipinski definition) is 4. The van der Waals surface area contributed by atoms with Gasteiger partial charge in [0.05, 0.1) is 30.3 Å². The van der Waals surface area contributed by atoms with Gasteiger partial charge in [-0.1, -0.05) is 25.0 Å². The number of amides is 1. The molecule has 30 heavy (non-hydrogen) atoms. The monoisotopic (exact) mass is 407 g/mol. The summed E-state index contributed by atoms with van der Waals surface area (Å²) in [5.41, 5.74) is 5.48. The SMILES string of the molecule is COc1ccc(Cn2cc(C(=O)N[C@H]3CCCC[C@@H]3O)c3nccc(C)c32)cc1C. The van der Waals surface area contributed by atoms with Gasteiger partial charge in [-0.15, -0.1) is 0 Å². The van der Waals surface area contributed by atoms with Crippen LogP contribution in [0.4, 0.5) is 0 Å². The number of aliphatic hydroxyl groups excluding tert-OH is 1. The predicted molar refractivity (Wildman–Crippen MR) is 117 cm³/mol. The van der Waals surface area contributed by atoms with Crippen molar-refractivity contribution in [2.45, 2.75) is 58.2 Å². The number of methoxy groups -OCH3 is 1.